The first-order valence-corrected chi connectivity index (χ1v) is 13.5. The molecule has 2 aromatic carbocycles. The van der Waals surface area contributed by atoms with E-state index in [1.165, 1.54) is 56.9 Å². The average molecular weight is 460 g/mol. The van der Waals surface area contributed by atoms with Crippen molar-refractivity contribution in [1.29, 1.82) is 5.26 Å². The monoisotopic (exact) mass is 459 g/mol. The summed E-state index contributed by atoms with van der Waals surface area (Å²) in [5.41, 5.74) is 2.92. The Balaban J connectivity index is 1.40. The molecule has 0 aliphatic heterocycles. The SMILES string of the molecule is CCCCCCCCCC1CCC(C(=O)Oc2ccccc2CCc2ccc(C#N)cc2)CC1. The zero-order valence-corrected chi connectivity index (χ0v) is 20.9. The third-order valence-corrected chi connectivity index (χ3v) is 7.35. The number of ether oxygens (including phenoxy) is 1. The molecule has 0 saturated heterocycles. The van der Waals surface area contributed by atoms with Crippen LogP contribution in [0.4, 0.5) is 0 Å². The van der Waals surface area contributed by atoms with Crippen molar-refractivity contribution in [3.8, 4) is 11.8 Å². The van der Waals surface area contributed by atoms with Gasteiger partial charge in [0.25, 0.3) is 0 Å². The number of esters is 1. The van der Waals surface area contributed by atoms with Crippen LogP contribution in [0.5, 0.6) is 5.75 Å². The third-order valence-electron chi connectivity index (χ3n) is 7.35. The maximum atomic E-state index is 12.9. The molecule has 0 N–H and O–H groups in total. The van der Waals surface area contributed by atoms with E-state index in [1.807, 2.05) is 48.5 Å². The summed E-state index contributed by atoms with van der Waals surface area (Å²) >= 11 is 0. The lowest BCUT2D eigenvalue weighted by atomic mass is 9.79. The topological polar surface area (TPSA) is 50.1 Å². The van der Waals surface area contributed by atoms with Crippen LogP contribution in [0.2, 0.25) is 0 Å². The molecule has 2 aromatic rings. The number of carbonyl (C=O) groups is 1. The molecule has 0 heterocycles. The normalized spacial score (nSPS) is 17.8. The van der Waals surface area contributed by atoms with Gasteiger partial charge >= 0.3 is 5.97 Å². The molecular weight excluding hydrogens is 418 g/mol. The van der Waals surface area contributed by atoms with Gasteiger partial charge in [0.05, 0.1) is 17.6 Å². The van der Waals surface area contributed by atoms with Crippen LogP contribution in [0, 0.1) is 23.2 Å². The minimum absolute atomic E-state index is 0.0388. The molecule has 1 aliphatic rings. The Labute approximate surface area is 206 Å². The van der Waals surface area contributed by atoms with Crippen molar-refractivity contribution < 1.29 is 9.53 Å². The van der Waals surface area contributed by atoms with E-state index < -0.39 is 0 Å². The highest BCUT2D eigenvalue weighted by molar-refractivity contribution is 5.75. The Kier molecular flexibility index (Phi) is 11.2. The molecule has 1 fully saturated rings. The van der Waals surface area contributed by atoms with E-state index in [0.29, 0.717) is 11.3 Å². The second-order valence-corrected chi connectivity index (χ2v) is 9.97. The molecule has 0 amide bonds. The number of aryl methyl sites for hydroxylation is 2. The standard InChI is InChI=1S/C31H41NO2/c1-2-3-4-5-6-7-8-11-25-19-22-29(23-20-25)31(33)34-30-13-10-9-12-28(30)21-18-26-14-16-27(24-32)17-15-26/h9-10,12-17,25,29H,2-8,11,18-23H2,1H3. The maximum Gasteiger partial charge on any atom is 0.314 e. The molecule has 0 unspecified atom stereocenters. The molecule has 1 saturated carbocycles. The molecule has 0 bridgehead atoms. The second kappa shape index (κ2) is 14.6. The highest BCUT2D eigenvalue weighted by Gasteiger charge is 2.27. The largest absolute Gasteiger partial charge is 0.426 e. The van der Waals surface area contributed by atoms with Crippen molar-refractivity contribution in [2.45, 2.75) is 96.8 Å². The number of para-hydroxylation sites is 1. The van der Waals surface area contributed by atoms with E-state index in [0.717, 1.165) is 50.0 Å². The first kappa shape index (κ1) is 26.0. The molecule has 3 rings (SSSR count). The predicted octanol–water partition coefficient (Wildman–Crippen LogP) is 8.20. The second-order valence-electron chi connectivity index (χ2n) is 9.97. The summed E-state index contributed by atoms with van der Waals surface area (Å²) in [6, 6.07) is 17.8. The van der Waals surface area contributed by atoms with E-state index in [4.69, 9.17) is 10.00 Å². The van der Waals surface area contributed by atoms with E-state index in [9.17, 15) is 4.79 Å². The van der Waals surface area contributed by atoms with Crippen LogP contribution in [0.3, 0.4) is 0 Å². The van der Waals surface area contributed by atoms with Crippen LogP contribution in [0.25, 0.3) is 0 Å². The van der Waals surface area contributed by atoms with E-state index >= 15 is 0 Å². The maximum absolute atomic E-state index is 12.9. The van der Waals surface area contributed by atoms with Crippen LogP contribution in [-0.4, -0.2) is 5.97 Å². The van der Waals surface area contributed by atoms with Crippen LogP contribution in [-0.2, 0) is 17.6 Å². The number of unbranched alkanes of at least 4 members (excludes halogenated alkanes) is 6. The van der Waals surface area contributed by atoms with Crippen molar-refractivity contribution in [3.63, 3.8) is 0 Å². The molecule has 0 radical (unpaired) electrons. The Hall–Kier alpha value is -2.60. The molecule has 182 valence electrons. The van der Waals surface area contributed by atoms with Gasteiger partial charge in [-0.25, -0.2) is 0 Å². The van der Waals surface area contributed by atoms with Crippen molar-refractivity contribution in [3.05, 3.63) is 65.2 Å². The number of carbonyl (C=O) groups excluding carboxylic acids is 1. The van der Waals surface area contributed by atoms with Crippen LogP contribution in [0.1, 0.15) is 101 Å². The molecule has 34 heavy (non-hydrogen) atoms. The average Bonchev–Trinajstić information content (AvgIpc) is 2.88. The fourth-order valence-electron chi connectivity index (χ4n) is 5.10. The van der Waals surface area contributed by atoms with E-state index in [-0.39, 0.29) is 11.9 Å². The lowest BCUT2D eigenvalue weighted by Gasteiger charge is -2.27. The molecule has 3 heteroatoms. The van der Waals surface area contributed by atoms with Crippen molar-refractivity contribution in [2.24, 2.45) is 11.8 Å². The van der Waals surface area contributed by atoms with E-state index in [2.05, 4.69) is 13.0 Å². The molecular formula is C31H41NO2. The molecule has 3 nitrogen and oxygen atoms in total. The minimum Gasteiger partial charge on any atom is -0.426 e. The fraction of sp³-hybridized carbons (Fsp3) is 0.548. The Morgan fingerprint density at radius 1 is 0.882 bits per heavy atom. The molecule has 0 spiro atoms. The van der Waals surface area contributed by atoms with Gasteiger partial charge < -0.3 is 4.74 Å². The zero-order valence-electron chi connectivity index (χ0n) is 20.9. The number of rotatable bonds is 13. The summed E-state index contributed by atoms with van der Waals surface area (Å²) in [7, 11) is 0. The Bertz CT molecular complexity index is 904. The van der Waals surface area contributed by atoms with Gasteiger partial charge in [-0.3, -0.25) is 4.79 Å². The number of benzene rings is 2. The third kappa shape index (κ3) is 8.64. The van der Waals surface area contributed by atoms with Gasteiger partial charge in [0.1, 0.15) is 5.75 Å². The number of hydrogen-bond acceptors (Lipinski definition) is 3. The number of hydrogen-bond donors (Lipinski definition) is 0. The molecule has 0 aromatic heterocycles. The van der Waals surface area contributed by atoms with Crippen molar-refractivity contribution in [2.75, 3.05) is 0 Å². The van der Waals surface area contributed by atoms with Crippen LogP contribution < -0.4 is 4.74 Å². The summed E-state index contributed by atoms with van der Waals surface area (Å²) in [5, 5.41) is 8.96. The Morgan fingerprint density at radius 2 is 1.56 bits per heavy atom. The lowest BCUT2D eigenvalue weighted by molar-refractivity contribution is -0.140. The van der Waals surface area contributed by atoms with Gasteiger partial charge in [-0.15, -0.1) is 0 Å². The first-order chi connectivity index (χ1) is 16.7. The predicted molar refractivity (Wildman–Crippen MR) is 139 cm³/mol. The molecule has 1 aliphatic carbocycles. The van der Waals surface area contributed by atoms with Gasteiger partial charge in [0.15, 0.2) is 0 Å². The van der Waals surface area contributed by atoms with Crippen molar-refractivity contribution in [1.82, 2.24) is 0 Å². The van der Waals surface area contributed by atoms with Crippen LogP contribution in [0.15, 0.2) is 48.5 Å². The quantitative estimate of drug-likeness (QED) is 0.172. The fourth-order valence-corrected chi connectivity index (χ4v) is 5.10. The summed E-state index contributed by atoms with van der Waals surface area (Å²) in [6.45, 7) is 2.27. The van der Waals surface area contributed by atoms with Gasteiger partial charge in [-0.1, -0.05) is 88.6 Å². The summed E-state index contributed by atoms with van der Waals surface area (Å²) in [5.74, 6) is 1.47. The zero-order chi connectivity index (χ0) is 24.0. The Morgan fingerprint density at radius 3 is 2.26 bits per heavy atom. The highest BCUT2D eigenvalue weighted by atomic mass is 16.5. The van der Waals surface area contributed by atoms with E-state index in [1.54, 1.807) is 0 Å². The van der Waals surface area contributed by atoms with Crippen LogP contribution >= 0.6 is 0 Å². The smallest absolute Gasteiger partial charge is 0.314 e. The number of nitrogens with zero attached hydrogens (tertiary/aromatic N) is 1. The van der Waals surface area contributed by atoms with Gasteiger partial charge in [0.2, 0.25) is 0 Å². The summed E-state index contributed by atoms with van der Waals surface area (Å²) in [6.07, 6.45) is 16.8. The summed E-state index contributed by atoms with van der Waals surface area (Å²) in [4.78, 5) is 12.9. The van der Waals surface area contributed by atoms with Gasteiger partial charge in [0, 0.05) is 0 Å². The van der Waals surface area contributed by atoms with Gasteiger partial charge in [-0.2, -0.15) is 5.26 Å². The first-order valence-electron chi connectivity index (χ1n) is 13.5. The summed E-state index contributed by atoms with van der Waals surface area (Å²) < 4.78 is 5.91. The van der Waals surface area contributed by atoms with Crippen molar-refractivity contribution >= 4 is 5.97 Å². The molecule has 0 atom stereocenters. The lowest BCUT2D eigenvalue weighted by Crippen LogP contribution is -2.26. The number of nitriles is 1. The highest BCUT2D eigenvalue weighted by Crippen LogP contribution is 2.33. The minimum atomic E-state index is -0.0554. The van der Waals surface area contributed by atoms with Gasteiger partial charge in [-0.05, 0) is 73.8 Å².